The van der Waals surface area contributed by atoms with Gasteiger partial charge in [0, 0.05) is 10.5 Å². The van der Waals surface area contributed by atoms with Crippen LogP contribution in [0.15, 0.2) is 81.9 Å². The third-order valence-electron chi connectivity index (χ3n) is 2.97. The monoisotopic (exact) mass is 311 g/mol. The number of benzene rings is 2. The summed E-state index contributed by atoms with van der Waals surface area (Å²) < 4.78 is 6.67. The molecule has 2 aromatic carbocycles. The van der Waals surface area contributed by atoms with E-state index >= 15 is 0 Å². The van der Waals surface area contributed by atoms with Crippen molar-refractivity contribution < 1.29 is 4.42 Å². The zero-order chi connectivity index (χ0) is 13.1. The van der Waals surface area contributed by atoms with Crippen molar-refractivity contribution in [1.29, 1.82) is 0 Å². The Balaban J connectivity index is 2.03. The van der Waals surface area contributed by atoms with Crippen LogP contribution in [-0.4, -0.2) is 0 Å². The van der Waals surface area contributed by atoms with Crippen LogP contribution in [0.2, 0.25) is 0 Å². The Kier molecular flexibility index (Phi) is 3.43. The highest BCUT2D eigenvalue weighted by atomic mass is 79.9. The largest absolute Gasteiger partial charge is 0.360 e. The van der Waals surface area contributed by atoms with Crippen molar-refractivity contribution in [3.8, 4) is 22.5 Å². The maximum atomic E-state index is 5.59. The first kappa shape index (κ1) is 12.1. The van der Waals surface area contributed by atoms with Gasteiger partial charge < -0.3 is 0 Å². The third-order valence-corrected chi connectivity index (χ3v) is 3.49. The Bertz CT molecular complexity index is 675. The molecule has 1 aromatic heterocycles. The predicted molar refractivity (Wildman–Crippen MR) is 81.7 cm³/mol. The van der Waals surface area contributed by atoms with Crippen LogP contribution < -0.4 is 0 Å². The Morgan fingerprint density at radius 2 is 1.42 bits per heavy atom. The van der Waals surface area contributed by atoms with Crippen molar-refractivity contribution in [3.05, 3.63) is 77.5 Å². The van der Waals surface area contributed by atoms with E-state index in [2.05, 4.69) is 34.1 Å². The van der Waals surface area contributed by atoms with Crippen LogP contribution in [0.1, 0.15) is 0 Å². The lowest BCUT2D eigenvalue weighted by Crippen LogP contribution is -1.81. The first-order valence-electron chi connectivity index (χ1n) is 6.06. The second-order valence-electron chi connectivity index (χ2n) is 4.26. The van der Waals surface area contributed by atoms with Gasteiger partial charge in [-0.2, -0.15) is 0 Å². The van der Waals surface area contributed by atoms with E-state index in [1.807, 2.05) is 48.5 Å². The number of hydrogen-bond acceptors (Lipinski definition) is 0. The lowest BCUT2D eigenvalue weighted by Gasteiger charge is -1.99. The Morgan fingerprint density at radius 3 is 2.16 bits per heavy atom. The molecule has 2 heteroatoms. The van der Waals surface area contributed by atoms with Gasteiger partial charge in [-0.15, -0.1) is 0 Å². The molecule has 3 rings (SSSR count). The van der Waals surface area contributed by atoms with Crippen molar-refractivity contribution in [2.75, 3.05) is 0 Å². The van der Waals surface area contributed by atoms with Gasteiger partial charge in [-0.05, 0) is 35.4 Å². The Morgan fingerprint density at radius 1 is 0.684 bits per heavy atom. The summed E-state index contributed by atoms with van der Waals surface area (Å²) in [4.78, 5) is 0. The normalized spacial score (nSPS) is 10.4. The summed E-state index contributed by atoms with van der Waals surface area (Å²) in [6.07, 6.45) is 1.74. The summed E-state index contributed by atoms with van der Waals surface area (Å²) in [6.45, 7) is 0. The second kappa shape index (κ2) is 5.37. The SMILES string of the molecule is Brc1ccc(-c2cc[o+]c(-c3ccccc3)c2)cc1. The maximum absolute atomic E-state index is 5.59. The summed E-state index contributed by atoms with van der Waals surface area (Å²) in [6, 6.07) is 22.4. The minimum atomic E-state index is 0.876. The molecule has 0 aliphatic heterocycles. The van der Waals surface area contributed by atoms with Gasteiger partial charge >= 0.3 is 12.0 Å². The van der Waals surface area contributed by atoms with Crippen molar-refractivity contribution in [1.82, 2.24) is 0 Å². The summed E-state index contributed by atoms with van der Waals surface area (Å²) in [5, 5.41) is 0. The van der Waals surface area contributed by atoms with E-state index in [-0.39, 0.29) is 0 Å². The highest BCUT2D eigenvalue weighted by Crippen LogP contribution is 2.27. The van der Waals surface area contributed by atoms with E-state index in [4.69, 9.17) is 4.42 Å². The van der Waals surface area contributed by atoms with Crippen LogP contribution >= 0.6 is 15.9 Å². The number of halogens is 1. The van der Waals surface area contributed by atoms with E-state index in [0.29, 0.717) is 0 Å². The summed E-state index contributed by atoms with van der Waals surface area (Å²) in [5.74, 6) is 0.876. The fraction of sp³-hybridized carbons (Fsp3) is 0. The first-order valence-corrected chi connectivity index (χ1v) is 6.85. The van der Waals surface area contributed by atoms with Crippen LogP contribution in [0, 0.1) is 0 Å². The summed E-state index contributed by atoms with van der Waals surface area (Å²) in [5.41, 5.74) is 3.41. The van der Waals surface area contributed by atoms with Crippen LogP contribution in [-0.2, 0) is 0 Å². The fourth-order valence-electron chi connectivity index (χ4n) is 1.98. The maximum Gasteiger partial charge on any atom is 0.360 e. The molecule has 0 spiro atoms. The van der Waals surface area contributed by atoms with Gasteiger partial charge in [0.2, 0.25) is 0 Å². The molecule has 0 aliphatic carbocycles. The Labute approximate surface area is 120 Å². The highest BCUT2D eigenvalue weighted by molar-refractivity contribution is 9.10. The summed E-state index contributed by atoms with van der Waals surface area (Å²) >= 11 is 3.45. The molecule has 0 saturated carbocycles. The van der Waals surface area contributed by atoms with Crippen molar-refractivity contribution in [3.63, 3.8) is 0 Å². The van der Waals surface area contributed by atoms with E-state index in [1.54, 1.807) is 6.26 Å². The molecular weight excluding hydrogens is 300 g/mol. The zero-order valence-corrected chi connectivity index (χ0v) is 11.8. The molecule has 0 amide bonds. The molecule has 0 N–H and O–H groups in total. The number of rotatable bonds is 2. The molecule has 0 saturated heterocycles. The molecule has 92 valence electrons. The first-order chi connectivity index (χ1) is 9.33. The van der Waals surface area contributed by atoms with Crippen molar-refractivity contribution >= 4 is 15.9 Å². The van der Waals surface area contributed by atoms with Crippen LogP contribution in [0.25, 0.3) is 22.5 Å². The number of hydrogen-bond donors (Lipinski definition) is 0. The minimum Gasteiger partial charge on any atom is -0.216 e. The highest BCUT2D eigenvalue weighted by Gasteiger charge is 2.12. The van der Waals surface area contributed by atoms with Gasteiger partial charge in [0.15, 0.2) is 0 Å². The molecule has 0 atom stereocenters. The Hall–Kier alpha value is -1.93. The van der Waals surface area contributed by atoms with Gasteiger partial charge in [-0.1, -0.05) is 46.3 Å². The molecule has 1 nitrogen and oxygen atoms in total. The molecule has 3 aromatic rings. The quantitative estimate of drug-likeness (QED) is 0.556. The minimum absolute atomic E-state index is 0.876. The lowest BCUT2D eigenvalue weighted by molar-refractivity contribution is 0.566. The van der Waals surface area contributed by atoms with Crippen LogP contribution in [0.4, 0.5) is 0 Å². The molecule has 0 aliphatic rings. The second-order valence-corrected chi connectivity index (χ2v) is 5.17. The molecule has 0 bridgehead atoms. The van der Waals surface area contributed by atoms with Crippen LogP contribution in [0.5, 0.6) is 0 Å². The van der Waals surface area contributed by atoms with Gasteiger partial charge in [0.1, 0.15) is 0 Å². The fourth-order valence-corrected chi connectivity index (χ4v) is 2.24. The van der Waals surface area contributed by atoms with Crippen molar-refractivity contribution in [2.45, 2.75) is 0 Å². The average Bonchev–Trinajstić information content (AvgIpc) is 2.49. The molecule has 0 fully saturated rings. The van der Waals surface area contributed by atoms with Crippen LogP contribution in [0.3, 0.4) is 0 Å². The smallest absolute Gasteiger partial charge is 0.216 e. The van der Waals surface area contributed by atoms with Gasteiger partial charge in [0.05, 0.1) is 11.6 Å². The van der Waals surface area contributed by atoms with E-state index < -0.39 is 0 Å². The third kappa shape index (κ3) is 2.74. The molecule has 19 heavy (non-hydrogen) atoms. The lowest BCUT2D eigenvalue weighted by atomic mass is 10.0. The van der Waals surface area contributed by atoms with Gasteiger partial charge in [0.25, 0.3) is 0 Å². The standard InChI is InChI=1S/C17H12BrO/c18-16-8-6-13(7-9-16)15-10-11-19-17(12-15)14-4-2-1-3-5-14/h1-12H/q+1. The van der Waals surface area contributed by atoms with E-state index in [0.717, 1.165) is 21.4 Å². The zero-order valence-electron chi connectivity index (χ0n) is 10.2. The molecular formula is C17H12BrO+. The van der Waals surface area contributed by atoms with Gasteiger partial charge in [-0.3, -0.25) is 0 Å². The summed E-state index contributed by atoms with van der Waals surface area (Å²) in [7, 11) is 0. The average molecular weight is 312 g/mol. The predicted octanol–water partition coefficient (Wildman–Crippen LogP) is 5.66. The topological polar surface area (TPSA) is 11.3 Å². The molecule has 1 heterocycles. The van der Waals surface area contributed by atoms with Crippen molar-refractivity contribution in [2.24, 2.45) is 0 Å². The van der Waals surface area contributed by atoms with Gasteiger partial charge in [-0.25, -0.2) is 4.42 Å². The molecule has 0 unspecified atom stereocenters. The van der Waals surface area contributed by atoms with E-state index in [9.17, 15) is 0 Å². The molecule has 0 radical (unpaired) electrons. The van der Waals surface area contributed by atoms with E-state index in [1.165, 1.54) is 5.56 Å².